The average Bonchev–Trinajstić information content (AvgIpc) is 2.57. The van der Waals surface area contributed by atoms with Gasteiger partial charge in [0.1, 0.15) is 0 Å². The second-order valence-electron chi connectivity index (χ2n) is 4.88. The fourth-order valence-electron chi connectivity index (χ4n) is 2.21. The Morgan fingerprint density at radius 3 is 2.65 bits per heavy atom. The zero-order chi connectivity index (χ0) is 12.8. The van der Waals surface area contributed by atoms with Crippen LogP contribution < -0.4 is 5.32 Å². The highest BCUT2D eigenvalue weighted by Gasteiger charge is 2.36. The molecule has 0 saturated carbocycles. The highest BCUT2D eigenvalue weighted by Crippen LogP contribution is 2.16. The van der Waals surface area contributed by atoms with Crippen LogP contribution in [0.3, 0.4) is 0 Å². The van der Waals surface area contributed by atoms with Crippen LogP contribution >= 0.6 is 0 Å². The average molecular weight is 242 g/mol. The summed E-state index contributed by atoms with van der Waals surface area (Å²) in [6.07, 6.45) is 3.40. The SMILES string of the molecule is CCCC1NC(CC)C(=O)N1CCOC(C)C. The first-order valence-electron chi connectivity index (χ1n) is 6.78. The van der Waals surface area contributed by atoms with Crippen molar-refractivity contribution in [2.75, 3.05) is 13.2 Å². The fraction of sp³-hybridized carbons (Fsp3) is 0.923. The lowest BCUT2D eigenvalue weighted by molar-refractivity contribution is -0.131. The van der Waals surface area contributed by atoms with Crippen LogP contribution in [0.25, 0.3) is 0 Å². The first-order valence-corrected chi connectivity index (χ1v) is 6.78. The van der Waals surface area contributed by atoms with Crippen LogP contribution in [-0.2, 0) is 9.53 Å². The third kappa shape index (κ3) is 3.96. The molecule has 0 aliphatic carbocycles. The number of hydrogen-bond donors (Lipinski definition) is 1. The van der Waals surface area contributed by atoms with Crippen LogP contribution in [0.1, 0.15) is 47.0 Å². The Morgan fingerprint density at radius 2 is 2.12 bits per heavy atom. The monoisotopic (exact) mass is 242 g/mol. The number of hydrogen-bond acceptors (Lipinski definition) is 3. The molecule has 4 nitrogen and oxygen atoms in total. The number of ether oxygens (including phenoxy) is 1. The molecule has 1 aliphatic heterocycles. The largest absolute Gasteiger partial charge is 0.377 e. The lowest BCUT2D eigenvalue weighted by Crippen LogP contribution is -2.39. The second kappa shape index (κ2) is 6.97. The Morgan fingerprint density at radius 1 is 1.41 bits per heavy atom. The molecule has 1 fully saturated rings. The van der Waals surface area contributed by atoms with E-state index in [0.29, 0.717) is 13.2 Å². The maximum atomic E-state index is 12.1. The van der Waals surface area contributed by atoms with Crippen LogP contribution in [0.4, 0.5) is 0 Å². The summed E-state index contributed by atoms with van der Waals surface area (Å²) >= 11 is 0. The zero-order valence-electron chi connectivity index (χ0n) is 11.5. The number of carbonyl (C=O) groups excluding carboxylic acids is 1. The van der Waals surface area contributed by atoms with Gasteiger partial charge in [-0.2, -0.15) is 0 Å². The van der Waals surface area contributed by atoms with E-state index in [0.717, 1.165) is 19.3 Å². The molecule has 1 saturated heterocycles. The van der Waals surface area contributed by atoms with Gasteiger partial charge in [0.25, 0.3) is 0 Å². The molecule has 2 unspecified atom stereocenters. The quantitative estimate of drug-likeness (QED) is 0.739. The summed E-state index contributed by atoms with van der Waals surface area (Å²) in [5.74, 6) is 0.235. The normalized spacial score (nSPS) is 25.0. The minimum atomic E-state index is 0.00519. The highest BCUT2D eigenvalue weighted by molar-refractivity contribution is 5.84. The van der Waals surface area contributed by atoms with Gasteiger partial charge in [-0.05, 0) is 26.7 Å². The molecule has 1 rings (SSSR count). The van der Waals surface area contributed by atoms with E-state index >= 15 is 0 Å². The molecule has 1 aliphatic rings. The van der Waals surface area contributed by atoms with E-state index in [1.165, 1.54) is 0 Å². The molecule has 100 valence electrons. The molecule has 4 heteroatoms. The molecule has 1 heterocycles. The lowest BCUT2D eigenvalue weighted by Gasteiger charge is -2.24. The minimum Gasteiger partial charge on any atom is -0.377 e. The van der Waals surface area contributed by atoms with Crippen LogP contribution in [-0.4, -0.2) is 42.3 Å². The van der Waals surface area contributed by atoms with Crippen LogP contribution in [0.5, 0.6) is 0 Å². The summed E-state index contributed by atoms with van der Waals surface area (Å²) in [4.78, 5) is 14.0. The van der Waals surface area contributed by atoms with Crippen molar-refractivity contribution in [3.8, 4) is 0 Å². The first kappa shape index (κ1) is 14.5. The second-order valence-corrected chi connectivity index (χ2v) is 4.88. The maximum absolute atomic E-state index is 12.1. The third-order valence-corrected chi connectivity index (χ3v) is 3.10. The van der Waals surface area contributed by atoms with E-state index in [9.17, 15) is 4.79 Å². The van der Waals surface area contributed by atoms with E-state index in [2.05, 4.69) is 12.2 Å². The first-order chi connectivity index (χ1) is 8.10. The predicted octanol–water partition coefficient (Wildman–Crippen LogP) is 1.75. The van der Waals surface area contributed by atoms with Crippen molar-refractivity contribution in [2.24, 2.45) is 0 Å². The van der Waals surface area contributed by atoms with Crippen molar-refractivity contribution in [1.82, 2.24) is 10.2 Å². The van der Waals surface area contributed by atoms with Gasteiger partial charge in [0.2, 0.25) is 5.91 Å². The van der Waals surface area contributed by atoms with Gasteiger partial charge < -0.3 is 9.64 Å². The van der Waals surface area contributed by atoms with Crippen molar-refractivity contribution < 1.29 is 9.53 Å². The van der Waals surface area contributed by atoms with Gasteiger partial charge in [-0.25, -0.2) is 0 Å². The number of rotatable bonds is 7. The molecule has 0 aromatic rings. The molecule has 1 N–H and O–H groups in total. The standard InChI is InChI=1S/C13H26N2O2/c1-5-7-12-14-11(6-2)13(16)15(12)8-9-17-10(3)4/h10-12,14H,5-9H2,1-4H3. The molecule has 0 radical (unpaired) electrons. The Bertz CT molecular complexity index is 244. The van der Waals surface area contributed by atoms with E-state index in [1.54, 1.807) is 0 Å². The van der Waals surface area contributed by atoms with Gasteiger partial charge >= 0.3 is 0 Å². The van der Waals surface area contributed by atoms with Crippen molar-refractivity contribution >= 4 is 5.91 Å². The van der Waals surface area contributed by atoms with Crippen molar-refractivity contribution in [3.05, 3.63) is 0 Å². The summed E-state index contributed by atoms with van der Waals surface area (Å²) in [5.41, 5.74) is 0. The Labute approximate surface area is 105 Å². The maximum Gasteiger partial charge on any atom is 0.241 e. The van der Waals surface area contributed by atoms with Gasteiger partial charge in [-0.3, -0.25) is 10.1 Å². The Hall–Kier alpha value is -0.610. The number of nitrogens with one attached hydrogen (secondary N) is 1. The molecular weight excluding hydrogens is 216 g/mol. The van der Waals surface area contributed by atoms with E-state index in [1.807, 2.05) is 25.7 Å². The van der Waals surface area contributed by atoms with E-state index in [4.69, 9.17) is 4.74 Å². The molecular formula is C13H26N2O2. The van der Waals surface area contributed by atoms with Crippen LogP contribution in [0.2, 0.25) is 0 Å². The van der Waals surface area contributed by atoms with Gasteiger partial charge in [-0.15, -0.1) is 0 Å². The smallest absolute Gasteiger partial charge is 0.241 e. The summed E-state index contributed by atoms with van der Waals surface area (Å²) in [7, 11) is 0. The summed E-state index contributed by atoms with van der Waals surface area (Å²) in [6.45, 7) is 9.55. The fourth-order valence-corrected chi connectivity index (χ4v) is 2.21. The van der Waals surface area contributed by atoms with Gasteiger partial charge in [0.05, 0.1) is 24.9 Å². The molecule has 0 spiro atoms. The zero-order valence-corrected chi connectivity index (χ0v) is 11.5. The predicted molar refractivity (Wildman–Crippen MR) is 68.7 cm³/mol. The summed E-state index contributed by atoms with van der Waals surface area (Å²) in [6, 6.07) is 0.00519. The van der Waals surface area contributed by atoms with Gasteiger partial charge in [-0.1, -0.05) is 20.3 Å². The van der Waals surface area contributed by atoms with Crippen molar-refractivity contribution in [2.45, 2.75) is 65.3 Å². The topological polar surface area (TPSA) is 41.6 Å². The summed E-state index contributed by atoms with van der Waals surface area (Å²) < 4.78 is 5.53. The lowest BCUT2D eigenvalue weighted by atomic mass is 10.2. The molecule has 0 aromatic heterocycles. The van der Waals surface area contributed by atoms with Crippen LogP contribution in [0.15, 0.2) is 0 Å². The molecule has 0 bridgehead atoms. The van der Waals surface area contributed by atoms with Crippen molar-refractivity contribution in [3.63, 3.8) is 0 Å². The molecule has 17 heavy (non-hydrogen) atoms. The number of amides is 1. The van der Waals surface area contributed by atoms with E-state index in [-0.39, 0.29) is 24.2 Å². The number of carbonyl (C=O) groups is 1. The molecule has 1 amide bonds. The highest BCUT2D eigenvalue weighted by atomic mass is 16.5. The van der Waals surface area contributed by atoms with Gasteiger partial charge in [0, 0.05) is 6.54 Å². The van der Waals surface area contributed by atoms with Crippen LogP contribution in [0, 0.1) is 0 Å². The number of nitrogens with zero attached hydrogens (tertiary/aromatic N) is 1. The van der Waals surface area contributed by atoms with E-state index < -0.39 is 0 Å². The Kier molecular flexibility index (Phi) is 5.92. The molecule has 0 aromatic carbocycles. The Balaban J connectivity index is 2.49. The molecule has 2 atom stereocenters. The third-order valence-electron chi connectivity index (χ3n) is 3.10. The van der Waals surface area contributed by atoms with Gasteiger partial charge in [0.15, 0.2) is 0 Å². The minimum absolute atomic E-state index is 0.00519. The van der Waals surface area contributed by atoms with Crippen molar-refractivity contribution in [1.29, 1.82) is 0 Å². The summed E-state index contributed by atoms with van der Waals surface area (Å²) in [5, 5.41) is 3.40.